The topological polar surface area (TPSA) is 147 Å². The first-order valence-corrected chi connectivity index (χ1v) is 15.1. The minimum Gasteiger partial charge on any atom is -0.487 e. The number of likely N-dealkylation sites (tertiary alicyclic amines) is 1. The van der Waals surface area contributed by atoms with E-state index in [-0.39, 0.29) is 29.7 Å². The number of hydrogen-bond acceptors (Lipinski definition) is 11. The van der Waals surface area contributed by atoms with Gasteiger partial charge in [-0.15, -0.1) is 10.2 Å². The lowest BCUT2D eigenvalue weighted by atomic mass is 10.1. The molecular formula is C29H34ClF3N10O4. The van der Waals surface area contributed by atoms with Crippen molar-refractivity contribution in [3.8, 4) is 22.8 Å². The maximum absolute atomic E-state index is 13.0. The average molecular weight is 679 g/mol. The maximum Gasteiger partial charge on any atom is 0.422 e. The van der Waals surface area contributed by atoms with Crippen LogP contribution in [0.4, 0.5) is 29.6 Å². The van der Waals surface area contributed by atoms with E-state index in [1.807, 2.05) is 6.92 Å². The zero-order valence-corrected chi connectivity index (χ0v) is 26.9. The fraction of sp³-hybridized carbons (Fsp3) is 0.483. The zero-order valence-electron chi connectivity index (χ0n) is 26.1. The summed E-state index contributed by atoms with van der Waals surface area (Å²) in [5.74, 6) is 0.313. The Balaban J connectivity index is 1.27. The number of alkyl halides is 3. The third-order valence-corrected chi connectivity index (χ3v) is 7.20. The van der Waals surface area contributed by atoms with E-state index >= 15 is 0 Å². The van der Waals surface area contributed by atoms with Crippen LogP contribution in [0.5, 0.6) is 11.6 Å². The third-order valence-electron chi connectivity index (χ3n) is 6.89. The molecule has 1 saturated heterocycles. The Labute approximate surface area is 273 Å². The van der Waals surface area contributed by atoms with Crippen LogP contribution in [0.1, 0.15) is 46.6 Å². The highest BCUT2D eigenvalue weighted by Crippen LogP contribution is 2.34. The minimum absolute atomic E-state index is 0.116. The highest BCUT2D eigenvalue weighted by molar-refractivity contribution is 6.32. The Bertz CT molecular complexity index is 1640. The van der Waals surface area contributed by atoms with Crippen molar-refractivity contribution in [3.05, 3.63) is 48.1 Å². The Morgan fingerprint density at radius 1 is 1.13 bits per heavy atom. The van der Waals surface area contributed by atoms with Crippen molar-refractivity contribution >= 4 is 29.3 Å². The van der Waals surface area contributed by atoms with Gasteiger partial charge in [0.05, 0.1) is 23.8 Å². The summed E-state index contributed by atoms with van der Waals surface area (Å²) in [7, 11) is 0. The predicted molar refractivity (Wildman–Crippen MR) is 164 cm³/mol. The number of nitrogens with zero attached hydrogens (tertiary/aromatic N) is 9. The second kappa shape index (κ2) is 14.0. The first kappa shape index (κ1) is 33.7. The van der Waals surface area contributed by atoms with Gasteiger partial charge >= 0.3 is 12.3 Å². The molecule has 0 aliphatic carbocycles. The summed E-state index contributed by atoms with van der Waals surface area (Å²) < 4.78 is 58.7. The van der Waals surface area contributed by atoms with Crippen LogP contribution in [0.3, 0.4) is 0 Å². The van der Waals surface area contributed by atoms with Crippen LogP contribution in [0.2, 0.25) is 5.02 Å². The van der Waals surface area contributed by atoms with Crippen LogP contribution in [0.15, 0.2) is 43.1 Å². The number of piperidine rings is 1. The predicted octanol–water partition coefficient (Wildman–Crippen LogP) is 5.70. The molecule has 0 bridgehead atoms. The van der Waals surface area contributed by atoms with Crippen molar-refractivity contribution in [1.82, 2.24) is 44.9 Å². The lowest BCUT2D eigenvalue weighted by molar-refractivity contribution is -0.154. The smallest absolute Gasteiger partial charge is 0.422 e. The molecule has 1 aliphatic heterocycles. The molecule has 4 aromatic rings. The van der Waals surface area contributed by atoms with Crippen molar-refractivity contribution < 1.29 is 32.2 Å². The molecular weight excluding hydrogens is 645 g/mol. The quantitative estimate of drug-likeness (QED) is 0.220. The van der Waals surface area contributed by atoms with Crippen LogP contribution in [0.25, 0.3) is 11.1 Å². The van der Waals surface area contributed by atoms with E-state index in [2.05, 4.69) is 35.9 Å². The van der Waals surface area contributed by atoms with Gasteiger partial charge in [-0.05, 0) is 68.7 Å². The monoisotopic (exact) mass is 678 g/mol. The molecule has 0 unspecified atom stereocenters. The largest absolute Gasteiger partial charge is 0.487 e. The SMILES string of the molecule is C[C@@H](Cn1cnnn1)Oc1cc(-c2cnc(Nc3cn(C4CCN(C(=O)OC(C)(C)C)CC4)nc3OCC(F)(F)F)nc2)ccc1Cl. The zero-order chi connectivity index (χ0) is 33.8. The summed E-state index contributed by atoms with van der Waals surface area (Å²) in [6.45, 7) is 6.93. The number of hydrogen-bond donors (Lipinski definition) is 1. The number of aromatic nitrogens is 8. The van der Waals surface area contributed by atoms with Gasteiger partial charge in [-0.25, -0.2) is 19.4 Å². The molecule has 18 heteroatoms. The van der Waals surface area contributed by atoms with E-state index < -0.39 is 24.5 Å². The molecule has 252 valence electrons. The first-order valence-electron chi connectivity index (χ1n) is 14.8. The van der Waals surface area contributed by atoms with Crippen LogP contribution in [-0.2, 0) is 11.3 Å². The van der Waals surface area contributed by atoms with Crippen LogP contribution < -0.4 is 14.8 Å². The second-order valence-corrected chi connectivity index (χ2v) is 12.4. The molecule has 47 heavy (non-hydrogen) atoms. The second-order valence-electron chi connectivity index (χ2n) is 12.0. The molecule has 1 amide bonds. The molecule has 4 heterocycles. The summed E-state index contributed by atoms with van der Waals surface area (Å²) in [6.07, 6.45) is 1.92. The lowest BCUT2D eigenvalue weighted by Gasteiger charge is -2.33. The van der Waals surface area contributed by atoms with Gasteiger partial charge in [0, 0.05) is 31.0 Å². The van der Waals surface area contributed by atoms with Crippen molar-refractivity contribution in [2.24, 2.45) is 0 Å². The average Bonchev–Trinajstić information content (AvgIpc) is 3.66. The van der Waals surface area contributed by atoms with E-state index in [0.717, 1.165) is 5.56 Å². The molecule has 0 spiro atoms. The first-order chi connectivity index (χ1) is 22.2. The summed E-state index contributed by atoms with van der Waals surface area (Å²) in [5, 5.41) is 18.7. The fourth-order valence-corrected chi connectivity index (χ4v) is 4.92. The van der Waals surface area contributed by atoms with Gasteiger partial charge in [0.2, 0.25) is 5.95 Å². The molecule has 1 N–H and O–H groups in total. The standard InChI is InChI=1S/C29H34ClF3N10O4/c1-18(14-42-17-36-39-40-42)46-24-11-19(5-6-22(24)30)20-12-34-26(35-13-20)37-23-15-43(38-25(23)45-16-29(31,32)33)21-7-9-41(10-8-21)27(44)47-28(2,3)4/h5-6,11-13,15,17-18,21H,7-10,14,16H2,1-4H3,(H,34,35,37)/t18-/m0/s1. The van der Waals surface area contributed by atoms with Gasteiger partial charge in [0.25, 0.3) is 5.88 Å². The van der Waals surface area contributed by atoms with Gasteiger partial charge in [-0.2, -0.15) is 13.2 Å². The van der Waals surface area contributed by atoms with Crippen molar-refractivity contribution in [3.63, 3.8) is 0 Å². The molecule has 5 rings (SSSR count). The molecule has 1 aliphatic rings. The van der Waals surface area contributed by atoms with E-state index in [4.69, 9.17) is 25.8 Å². The number of benzene rings is 1. The van der Waals surface area contributed by atoms with E-state index in [1.165, 1.54) is 6.33 Å². The van der Waals surface area contributed by atoms with E-state index in [9.17, 15) is 18.0 Å². The van der Waals surface area contributed by atoms with Crippen molar-refractivity contribution in [1.29, 1.82) is 0 Å². The van der Waals surface area contributed by atoms with E-state index in [0.29, 0.717) is 48.8 Å². The Morgan fingerprint density at radius 3 is 2.49 bits per heavy atom. The molecule has 3 aromatic heterocycles. The maximum atomic E-state index is 13.0. The van der Waals surface area contributed by atoms with Crippen LogP contribution in [0, 0.1) is 0 Å². The van der Waals surface area contributed by atoms with Gasteiger partial charge < -0.3 is 24.4 Å². The number of carbonyl (C=O) groups excluding carboxylic acids is 1. The molecule has 1 aromatic carbocycles. The molecule has 0 radical (unpaired) electrons. The number of rotatable bonds is 10. The van der Waals surface area contributed by atoms with Crippen molar-refractivity contribution in [2.75, 3.05) is 25.0 Å². The summed E-state index contributed by atoms with van der Waals surface area (Å²) in [5.41, 5.74) is 0.913. The molecule has 0 saturated carbocycles. The molecule has 14 nitrogen and oxygen atoms in total. The normalized spacial score (nSPS) is 14.9. The van der Waals surface area contributed by atoms with E-state index in [1.54, 1.807) is 71.8 Å². The Kier molecular flexibility index (Phi) is 10.0. The van der Waals surface area contributed by atoms with Gasteiger partial charge in [-0.1, -0.05) is 17.7 Å². The number of ether oxygens (including phenoxy) is 3. The van der Waals surface area contributed by atoms with Gasteiger partial charge in [0.15, 0.2) is 6.61 Å². The highest BCUT2D eigenvalue weighted by atomic mass is 35.5. The third kappa shape index (κ3) is 9.43. The van der Waals surface area contributed by atoms with Crippen LogP contribution in [-0.4, -0.2) is 88.5 Å². The van der Waals surface area contributed by atoms with Gasteiger partial charge in [0.1, 0.15) is 29.5 Å². The fourth-order valence-electron chi connectivity index (χ4n) is 4.76. The van der Waals surface area contributed by atoms with Gasteiger partial charge in [-0.3, -0.25) is 4.68 Å². The summed E-state index contributed by atoms with van der Waals surface area (Å²) in [6, 6.07) is 5.05. The number of halogens is 4. The number of tetrazole rings is 1. The molecule has 1 fully saturated rings. The van der Waals surface area contributed by atoms with Crippen LogP contribution >= 0.6 is 11.6 Å². The molecule has 1 atom stereocenters. The van der Waals surface area contributed by atoms with Crippen molar-refractivity contribution in [2.45, 2.75) is 71.0 Å². The number of amides is 1. The Morgan fingerprint density at radius 2 is 1.85 bits per heavy atom. The Hall–Kier alpha value is -4.67. The lowest BCUT2D eigenvalue weighted by Crippen LogP contribution is -2.42. The number of anilines is 2. The number of nitrogens with one attached hydrogen (secondary N) is 1. The highest BCUT2D eigenvalue weighted by Gasteiger charge is 2.31. The minimum atomic E-state index is -4.57. The summed E-state index contributed by atoms with van der Waals surface area (Å²) >= 11 is 6.37. The summed E-state index contributed by atoms with van der Waals surface area (Å²) in [4.78, 5) is 22.8. The number of carbonyl (C=O) groups is 1.